The Labute approximate surface area is 174 Å². The number of hydrogen-bond acceptors (Lipinski definition) is 4. The summed E-state index contributed by atoms with van der Waals surface area (Å²) >= 11 is 5.82. The molecule has 3 aromatic rings. The SMILES string of the molecule is O=C(O)Cn1c2c(c3cc(F)ccc31)CC(N(CC(F)F)c1ncc(Cl)cn1)CC2. The van der Waals surface area contributed by atoms with Crippen molar-refractivity contribution in [1.82, 2.24) is 14.5 Å². The predicted molar refractivity (Wildman–Crippen MR) is 106 cm³/mol. The van der Waals surface area contributed by atoms with Gasteiger partial charge in [0.1, 0.15) is 12.4 Å². The molecule has 1 aromatic carbocycles. The number of aromatic nitrogens is 3. The van der Waals surface area contributed by atoms with Gasteiger partial charge in [-0.2, -0.15) is 0 Å². The molecular weight excluding hydrogens is 421 g/mol. The second-order valence-electron chi connectivity index (χ2n) is 7.21. The van der Waals surface area contributed by atoms with Crippen LogP contribution < -0.4 is 4.90 Å². The number of carboxylic acids is 1. The van der Waals surface area contributed by atoms with Gasteiger partial charge in [-0.25, -0.2) is 23.1 Å². The Morgan fingerprint density at radius 3 is 2.73 bits per heavy atom. The highest BCUT2D eigenvalue weighted by molar-refractivity contribution is 6.30. The largest absolute Gasteiger partial charge is 0.480 e. The molecule has 6 nitrogen and oxygen atoms in total. The van der Waals surface area contributed by atoms with E-state index in [1.165, 1.54) is 29.4 Å². The van der Waals surface area contributed by atoms with Crippen LogP contribution in [0.5, 0.6) is 0 Å². The summed E-state index contributed by atoms with van der Waals surface area (Å²) in [5, 5.41) is 10.2. The van der Waals surface area contributed by atoms with E-state index in [2.05, 4.69) is 9.97 Å². The van der Waals surface area contributed by atoms with Gasteiger partial charge in [0.15, 0.2) is 0 Å². The average Bonchev–Trinajstić information content (AvgIpc) is 2.99. The summed E-state index contributed by atoms with van der Waals surface area (Å²) in [5.41, 5.74) is 2.19. The molecule has 1 aliphatic carbocycles. The lowest BCUT2D eigenvalue weighted by Crippen LogP contribution is -2.43. The van der Waals surface area contributed by atoms with E-state index in [4.69, 9.17) is 11.6 Å². The summed E-state index contributed by atoms with van der Waals surface area (Å²) in [7, 11) is 0. The molecule has 1 aliphatic rings. The van der Waals surface area contributed by atoms with Crippen LogP contribution in [0, 0.1) is 5.82 Å². The zero-order chi connectivity index (χ0) is 21.4. The van der Waals surface area contributed by atoms with Crippen LogP contribution >= 0.6 is 11.6 Å². The lowest BCUT2D eigenvalue weighted by atomic mass is 9.90. The maximum Gasteiger partial charge on any atom is 0.323 e. The van der Waals surface area contributed by atoms with Crippen LogP contribution in [-0.4, -0.2) is 44.6 Å². The third-order valence-corrected chi connectivity index (χ3v) is 5.53. The van der Waals surface area contributed by atoms with Crippen molar-refractivity contribution < 1.29 is 23.1 Å². The Hall–Kier alpha value is -2.81. The van der Waals surface area contributed by atoms with Gasteiger partial charge in [0, 0.05) is 22.6 Å². The van der Waals surface area contributed by atoms with E-state index in [-0.39, 0.29) is 18.5 Å². The molecule has 2 aromatic heterocycles. The number of rotatable bonds is 6. The molecule has 1 atom stereocenters. The normalized spacial score (nSPS) is 16.1. The molecule has 158 valence electrons. The molecule has 0 amide bonds. The van der Waals surface area contributed by atoms with Crippen molar-refractivity contribution in [3.8, 4) is 0 Å². The molecule has 2 heterocycles. The number of aliphatic carboxylic acids is 1. The van der Waals surface area contributed by atoms with Gasteiger partial charge in [-0.15, -0.1) is 0 Å². The molecule has 0 bridgehead atoms. The van der Waals surface area contributed by atoms with Crippen LogP contribution in [0.15, 0.2) is 30.6 Å². The van der Waals surface area contributed by atoms with Crippen molar-refractivity contribution >= 4 is 34.4 Å². The first-order valence-corrected chi connectivity index (χ1v) is 9.75. The molecule has 1 unspecified atom stereocenters. The molecule has 0 radical (unpaired) electrons. The topological polar surface area (TPSA) is 71.2 Å². The van der Waals surface area contributed by atoms with Gasteiger partial charge in [-0.1, -0.05) is 11.6 Å². The highest BCUT2D eigenvalue weighted by Gasteiger charge is 2.32. The summed E-state index contributed by atoms with van der Waals surface area (Å²) < 4.78 is 42.2. The van der Waals surface area contributed by atoms with Gasteiger partial charge in [0.2, 0.25) is 5.95 Å². The third kappa shape index (κ3) is 3.94. The lowest BCUT2D eigenvalue weighted by molar-refractivity contribution is -0.137. The van der Waals surface area contributed by atoms with Crippen molar-refractivity contribution in [2.45, 2.75) is 38.3 Å². The van der Waals surface area contributed by atoms with E-state index in [0.29, 0.717) is 35.2 Å². The third-order valence-electron chi connectivity index (χ3n) is 5.34. The highest BCUT2D eigenvalue weighted by atomic mass is 35.5. The van der Waals surface area contributed by atoms with Gasteiger partial charge in [-0.05, 0) is 43.0 Å². The molecule has 10 heteroatoms. The minimum atomic E-state index is -2.60. The maximum atomic E-state index is 13.9. The summed E-state index contributed by atoms with van der Waals surface area (Å²) in [6.45, 7) is -0.799. The van der Waals surface area contributed by atoms with Gasteiger partial charge in [0.25, 0.3) is 6.43 Å². The Morgan fingerprint density at radius 2 is 2.07 bits per heavy atom. The maximum absolute atomic E-state index is 13.9. The Balaban J connectivity index is 1.75. The number of fused-ring (bicyclic) bond motifs is 3. The molecule has 30 heavy (non-hydrogen) atoms. The molecule has 0 fully saturated rings. The predicted octanol–water partition coefficient (Wildman–Crippen LogP) is 3.94. The molecule has 0 saturated heterocycles. The van der Waals surface area contributed by atoms with Crippen molar-refractivity contribution in [2.24, 2.45) is 0 Å². The number of nitrogens with zero attached hydrogens (tertiary/aromatic N) is 4. The number of benzene rings is 1. The van der Waals surface area contributed by atoms with Crippen molar-refractivity contribution in [3.05, 3.63) is 52.7 Å². The smallest absolute Gasteiger partial charge is 0.323 e. The van der Waals surface area contributed by atoms with E-state index < -0.39 is 24.8 Å². The number of carboxylic acid groups (broad SMARTS) is 1. The van der Waals surface area contributed by atoms with E-state index in [9.17, 15) is 23.1 Å². The summed E-state index contributed by atoms with van der Waals surface area (Å²) in [6, 6.07) is 3.86. The summed E-state index contributed by atoms with van der Waals surface area (Å²) in [6.07, 6.45) is 1.42. The van der Waals surface area contributed by atoms with E-state index in [1.54, 1.807) is 10.6 Å². The standard InChI is InChI=1S/C20H18ClF3N4O2/c21-11-7-25-20(26-8-11)27(9-18(23)24)13-2-4-17-15(6-13)14-5-12(22)1-3-16(14)28(17)10-19(29)30/h1,3,5,7-8,13,18H,2,4,6,9-10H2,(H,29,30). The number of carbonyl (C=O) groups is 1. The van der Waals surface area contributed by atoms with Crippen LogP contribution in [0.1, 0.15) is 17.7 Å². The van der Waals surface area contributed by atoms with E-state index >= 15 is 0 Å². The van der Waals surface area contributed by atoms with Crippen molar-refractivity contribution in [3.63, 3.8) is 0 Å². The van der Waals surface area contributed by atoms with Crippen molar-refractivity contribution in [1.29, 1.82) is 0 Å². The fourth-order valence-electron chi connectivity index (χ4n) is 4.18. The second kappa shape index (κ2) is 8.14. The second-order valence-corrected chi connectivity index (χ2v) is 7.64. The number of alkyl halides is 2. The van der Waals surface area contributed by atoms with Gasteiger partial charge in [-0.3, -0.25) is 4.79 Å². The number of halogens is 4. The Morgan fingerprint density at radius 1 is 1.33 bits per heavy atom. The first kappa shape index (κ1) is 20.5. The van der Waals surface area contributed by atoms with Crippen LogP contribution in [0.3, 0.4) is 0 Å². The molecule has 1 N–H and O–H groups in total. The molecule has 0 spiro atoms. The quantitative estimate of drug-likeness (QED) is 0.631. The Kier molecular flexibility index (Phi) is 5.55. The summed E-state index contributed by atoms with van der Waals surface area (Å²) in [4.78, 5) is 21.0. The first-order valence-electron chi connectivity index (χ1n) is 9.37. The van der Waals surface area contributed by atoms with E-state index in [0.717, 1.165) is 11.3 Å². The fourth-order valence-corrected chi connectivity index (χ4v) is 4.28. The van der Waals surface area contributed by atoms with Gasteiger partial charge in [0.05, 0.1) is 24.0 Å². The van der Waals surface area contributed by atoms with Crippen molar-refractivity contribution in [2.75, 3.05) is 11.4 Å². The first-order chi connectivity index (χ1) is 14.3. The van der Waals surface area contributed by atoms with Crippen LogP contribution in [0.25, 0.3) is 10.9 Å². The zero-order valence-electron chi connectivity index (χ0n) is 15.7. The Bertz CT molecular complexity index is 1090. The van der Waals surface area contributed by atoms with Crippen LogP contribution in [0.2, 0.25) is 5.02 Å². The minimum Gasteiger partial charge on any atom is -0.480 e. The molecule has 0 aliphatic heterocycles. The number of anilines is 1. The molecule has 4 rings (SSSR count). The average molecular weight is 439 g/mol. The van der Waals surface area contributed by atoms with E-state index in [1.807, 2.05) is 0 Å². The van der Waals surface area contributed by atoms with Gasteiger partial charge >= 0.3 is 5.97 Å². The number of hydrogen-bond donors (Lipinski definition) is 1. The van der Waals surface area contributed by atoms with Gasteiger partial charge < -0.3 is 14.6 Å². The summed E-state index contributed by atoms with van der Waals surface area (Å²) in [5.74, 6) is -1.30. The lowest BCUT2D eigenvalue weighted by Gasteiger charge is -2.34. The highest BCUT2D eigenvalue weighted by Crippen LogP contribution is 2.35. The van der Waals surface area contributed by atoms with Crippen LogP contribution in [-0.2, 0) is 24.2 Å². The fraction of sp³-hybridized carbons (Fsp3) is 0.350. The van der Waals surface area contributed by atoms with Crippen LogP contribution in [0.4, 0.5) is 19.1 Å². The molecular formula is C20H18ClF3N4O2. The monoisotopic (exact) mass is 438 g/mol. The molecule has 0 saturated carbocycles. The minimum absolute atomic E-state index is 0.147. The zero-order valence-corrected chi connectivity index (χ0v) is 16.5.